The fraction of sp³-hybridized carbons (Fsp3) is 0.588. The van der Waals surface area contributed by atoms with E-state index in [4.69, 9.17) is 4.74 Å². The predicted molar refractivity (Wildman–Crippen MR) is 92.5 cm³/mol. The van der Waals surface area contributed by atoms with Gasteiger partial charge in [0.05, 0.1) is 17.1 Å². The van der Waals surface area contributed by atoms with Crippen molar-refractivity contribution in [3.05, 3.63) is 29.8 Å². The van der Waals surface area contributed by atoms with Gasteiger partial charge in [0.25, 0.3) is 0 Å². The van der Waals surface area contributed by atoms with Crippen LogP contribution in [0.5, 0.6) is 0 Å². The number of hydrogen-bond acceptors (Lipinski definition) is 5. The highest BCUT2D eigenvalue weighted by Crippen LogP contribution is 2.19. The van der Waals surface area contributed by atoms with Crippen LogP contribution in [-0.2, 0) is 14.8 Å². The Morgan fingerprint density at radius 2 is 1.71 bits per heavy atom. The largest absolute Gasteiger partial charge is 0.462 e. The van der Waals surface area contributed by atoms with Gasteiger partial charge in [0.15, 0.2) is 0 Å². The molecule has 1 aromatic carbocycles. The maximum atomic E-state index is 12.7. The highest BCUT2D eigenvalue weighted by molar-refractivity contribution is 7.89. The van der Waals surface area contributed by atoms with E-state index in [-0.39, 0.29) is 4.90 Å². The van der Waals surface area contributed by atoms with E-state index >= 15 is 0 Å². The SMILES string of the molecule is CCCCN1CCN(S(=O)(=O)c2ccc(C(=O)OCC)cc2)CC1. The molecule has 0 unspecified atom stereocenters. The summed E-state index contributed by atoms with van der Waals surface area (Å²) in [7, 11) is -3.51. The zero-order valence-electron chi connectivity index (χ0n) is 14.4. The van der Waals surface area contributed by atoms with Gasteiger partial charge in [0, 0.05) is 26.2 Å². The Morgan fingerprint density at radius 3 is 2.25 bits per heavy atom. The maximum Gasteiger partial charge on any atom is 0.338 e. The molecule has 1 aromatic rings. The topological polar surface area (TPSA) is 66.9 Å². The first-order valence-corrected chi connectivity index (χ1v) is 9.92. The molecule has 0 aliphatic carbocycles. The quantitative estimate of drug-likeness (QED) is 0.701. The highest BCUT2D eigenvalue weighted by atomic mass is 32.2. The zero-order chi connectivity index (χ0) is 17.6. The summed E-state index contributed by atoms with van der Waals surface area (Å²) in [6, 6.07) is 5.96. The van der Waals surface area contributed by atoms with E-state index in [2.05, 4.69) is 11.8 Å². The van der Waals surface area contributed by atoms with E-state index in [1.165, 1.54) is 28.6 Å². The van der Waals surface area contributed by atoms with Crippen LogP contribution in [0, 0.1) is 0 Å². The van der Waals surface area contributed by atoms with Crippen LogP contribution in [-0.4, -0.2) is 62.9 Å². The van der Waals surface area contributed by atoms with Gasteiger partial charge < -0.3 is 9.64 Å². The van der Waals surface area contributed by atoms with Crippen molar-refractivity contribution in [3.63, 3.8) is 0 Å². The molecule has 0 bridgehead atoms. The predicted octanol–water partition coefficient (Wildman–Crippen LogP) is 1.97. The van der Waals surface area contributed by atoms with Crippen LogP contribution in [0.3, 0.4) is 0 Å². The second kappa shape index (κ2) is 8.60. The number of ether oxygens (including phenoxy) is 1. The molecular weight excluding hydrogens is 328 g/mol. The van der Waals surface area contributed by atoms with Crippen LogP contribution in [0.1, 0.15) is 37.0 Å². The lowest BCUT2D eigenvalue weighted by atomic mass is 10.2. The molecule has 0 N–H and O–H groups in total. The monoisotopic (exact) mass is 354 g/mol. The lowest BCUT2D eigenvalue weighted by Crippen LogP contribution is -2.48. The van der Waals surface area contributed by atoms with Crippen LogP contribution < -0.4 is 0 Å². The van der Waals surface area contributed by atoms with Gasteiger partial charge in [-0.25, -0.2) is 13.2 Å². The molecule has 0 amide bonds. The molecule has 2 rings (SSSR count). The molecule has 7 heteroatoms. The lowest BCUT2D eigenvalue weighted by Gasteiger charge is -2.33. The molecule has 1 heterocycles. The number of hydrogen-bond donors (Lipinski definition) is 0. The number of sulfonamides is 1. The average Bonchev–Trinajstić information content (AvgIpc) is 2.60. The average molecular weight is 354 g/mol. The van der Waals surface area contributed by atoms with E-state index < -0.39 is 16.0 Å². The third-order valence-corrected chi connectivity index (χ3v) is 6.08. The lowest BCUT2D eigenvalue weighted by molar-refractivity contribution is 0.0526. The summed E-state index contributed by atoms with van der Waals surface area (Å²) in [5.74, 6) is -0.439. The van der Waals surface area contributed by atoms with Crippen molar-refractivity contribution in [2.45, 2.75) is 31.6 Å². The van der Waals surface area contributed by atoms with Gasteiger partial charge in [-0.05, 0) is 44.2 Å². The minimum Gasteiger partial charge on any atom is -0.462 e. The van der Waals surface area contributed by atoms with Gasteiger partial charge >= 0.3 is 5.97 Å². The Morgan fingerprint density at radius 1 is 1.08 bits per heavy atom. The minimum atomic E-state index is -3.51. The van der Waals surface area contributed by atoms with E-state index in [0.29, 0.717) is 25.3 Å². The fourth-order valence-electron chi connectivity index (χ4n) is 2.70. The summed E-state index contributed by atoms with van der Waals surface area (Å²) in [6.45, 7) is 7.75. The third kappa shape index (κ3) is 4.55. The second-order valence-electron chi connectivity index (χ2n) is 5.84. The van der Waals surface area contributed by atoms with Gasteiger partial charge in [-0.15, -0.1) is 0 Å². The molecule has 0 aromatic heterocycles. The number of carbonyl (C=O) groups is 1. The van der Waals surface area contributed by atoms with Gasteiger partial charge in [-0.1, -0.05) is 13.3 Å². The van der Waals surface area contributed by atoms with E-state index in [1.54, 1.807) is 6.92 Å². The molecule has 0 spiro atoms. The van der Waals surface area contributed by atoms with Crippen LogP contribution in [0.25, 0.3) is 0 Å². The first-order valence-electron chi connectivity index (χ1n) is 8.48. The van der Waals surface area contributed by atoms with Crippen LogP contribution in [0.4, 0.5) is 0 Å². The Kier molecular flexibility index (Phi) is 6.77. The third-order valence-electron chi connectivity index (χ3n) is 4.16. The van der Waals surface area contributed by atoms with Crippen molar-refractivity contribution >= 4 is 16.0 Å². The molecule has 6 nitrogen and oxygen atoms in total. The smallest absolute Gasteiger partial charge is 0.338 e. The first-order chi connectivity index (χ1) is 11.5. The second-order valence-corrected chi connectivity index (χ2v) is 7.78. The highest BCUT2D eigenvalue weighted by Gasteiger charge is 2.28. The molecule has 1 fully saturated rings. The van der Waals surface area contributed by atoms with E-state index in [0.717, 1.165) is 32.5 Å². The maximum absolute atomic E-state index is 12.7. The molecular formula is C17H26N2O4S. The van der Waals surface area contributed by atoms with Crippen molar-refractivity contribution in [2.75, 3.05) is 39.3 Å². The van der Waals surface area contributed by atoms with Crippen molar-refractivity contribution in [1.82, 2.24) is 9.21 Å². The van der Waals surface area contributed by atoms with Crippen LogP contribution in [0.2, 0.25) is 0 Å². The van der Waals surface area contributed by atoms with E-state index in [1.807, 2.05) is 0 Å². The van der Waals surface area contributed by atoms with Crippen LogP contribution >= 0.6 is 0 Å². The Bertz CT molecular complexity index is 635. The molecule has 0 radical (unpaired) electrons. The van der Waals surface area contributed by atoms with Crippen molar-refractivity contribution in [3.8, 4) is 0 Å². The van der Waals surface area contributed by atoms with Crippen LogP contribution in [0.15, 0.2) is 29.2 Å². The van der Waals surface area contributed by atoms with E-state index in [9.17, 15) is 13.2 Å². The molecule has 24 heavy (non-hydrogen) atoms. The summed E-state index contributed by atoms with van der Waals surface area (Å²) >= 11 is 0. The van der Waals surface area contributed by atoms with Crippen molar-refractivity contribution < 1.29 is 17.9 Å². The van der Waals surface area contributed by atoms with Gasteiger partial charge in [-0.3, -0.25) is 0 Å². The first kappa shape index (κ1) is 18.9. The minimum absolute atomic E-state index is 0.220. The number of benzene rings is 1. The zero-order valence-corrected chi connectivity index (χ0v) is 15.2. The summed E-state index contributed by atoms with van der Waals surface area (Å²) in [6.07, 6.45) is 2.29. The number of piperazine rings is 1. The van der Waals surface area contributed by atoms with Gasteiger partial charge in [0.2, 0.25) is 10.0 Å². The van der Waals surface area contributed by atoms with Gasteiger partial charge in [0.1, 0.15) is 0 Å². The normalized spacial score (nSPS) is 16.9. The number of carbonyl (C=O) groups excluding carboxylic acids is 1. The molecule has 1 aliphatic heterocycles. The number of unbranched alkanes of at least 4 members (excludes halogenated alkanes) is 1. The molecule has 134 valence electrons. The van der Waals surface area contributed by atoms with Crippen molar-refractivity contribution in [1.29, 1.82) is 0 Å². The molecule has 0 saturated carbocycles. The summed E-state index contributed by atoms with van der Waals surface area (Å²) in [4.78, 5) is 14.2. The molecule has 0 atom stereocenters. The number of nitrogens with zero attached hydrogens (tertiary/aromatic N) is 2. The Labute approximate surface area is 144 Å². The fourth-order valence-corrected chi connectivity index (χ4v) is 4.12. The Hall–Kier alpha value is -1.44. The number of rotatable bonds is 7. The molecule has 1 saturated heterocycles. The standard InChI is InChI=1S/C17H26N2O4S/c1-3-5-10-18-11-13-19(14-12-18)24(21,22)16-8-6-15(7-9-16)17(20)23-4-2/h6-9H,3-5,10-14H2,1-2H3. The van der Waals surface area contributed by atoms with Crippen molar-refractivity contribution in [2.24, 2.45) is 0 Å². The molecule has 1 aliphatic rings. The Balaban J connectivity index is 2.02. The summed E-state index contributed by atoms with van der Waals surface area (Å²) in [5.41, 5.74) is 0.361. The summed E-state index contributed by atoms with van der Waals surface area (Å²) < 4.78 is 31.8. The summed E-state index contributed by atoms with van der Waals surface area (Å²) in [5, 5.41) is 0. The van der Waals surface area contributed by atoms with Gasteiger partial charge in [-0.2, -0.15) is 4.31 Å². The number of esters is 1.